The summed E-state index contributed by atoms with van der Waals surface area (Å²) in [5.74, 6) is 3.94. The predicted octanol–water partition coefficient (Wildman–Crippen LogP) is 2.12. The third kappa shape index (κ3) is 4.36. The third-order valence-electron chi connectivity index (χ3n) is 1.76. The van der Waals surface area contributed by atoms with Crippen LogP contribution in [0.5, 0.6) is 0 Å². The van der Waals surface area contributed by atoms with Crippen LogP contribution < -0.4 is 0 Å². The number of aliphatic carboxylic acids is 1. The van der Waals surface area contributed by atoms with Crippen molar-refractivity contribution in [3.8, 4) is 11.8 Å². The quantitative estimate of drug-likeness (QED) is 0.551. The van der Waals surface area contributed by atoms with Gasteiger partial charge in [-0.05, 0) is 20.8 Å². The lowest BCUT2D eigenvalue weighted by atomic mass is 10.3. The van der Waals surface area contributed by atoms with Crippen LogP contribution in [-0.2, 0) is 18.4 Å². The zero-order chi connectivity index (χ0) is 12.6. The van der Waals surface area contributed by atoms with Crippen LogP contribution in [0.25, 0.3) is 0 Å². The van der Waals surface area contributed by atoms with Crippen LogP contribution in [0.4, 0.5) is 0 Å². The molecule has 1 N–H and O–H groups in total. The summed E-state index contributed by atoms with van der Waals surface area (Å²) in [6.07, 6.45) is -0.0386. The molecule has 0 fully saturated rings. The average molecular weight is 248 g/mol. The smallest absolute Gasteiger partial charge is 0.345 e. The van der Waals surface area contributed by atoms with E-state index in [0.29, 0.717) is 0 Å². The van der Waals surface area contributed by atoms with Crippen molar-refractivity contribution in [2.45, 2.75) is 32.9 Å². The van der Waals surface area contributed by atoms with Crippen molar-refractivity contribution in [2.24, 2.45) is 0 Å². The van der Waals surface area contributed by atoms with Gasteiger partial charge in [0.15, 0.2) is 5.66 Å². The molecule has 16 heavy (non-hydrogen) atoms. The van der Waals surface area contributed by atoms with Crippen molar-refractivity contribution < 1.29 is 23.5 Å². The molecule has 0 aliphatic heterocycles. The molecule has 0 radical (unpaired) electrons. The van der Waals surface area contributed by atoms with Gasteiger partial charge in [-0.15, -0.1) is 11.8 Å². The van der Waals surface area contributed by atoms with Gasteiger partial charge in [0.25, 0.3) is 0 Å². The predicted molar refractivity (Wildman–Crippen MR) is 60.3 cm³/mol. The second kappa shape index (κ2) is 7.45. The van der Waals surface area contributed by atoms with Gasteiger partial charge in [0.2, 0.25) is 0 Å². The van der Waals surface area contributed by atoms with Gasteiger partial charge in [-0.2, -0.15) is 0 Å². The highest BCUT2D eigenvalue weighted by atomic mass is 31.2. The number of hydrogen-bond donors (Lipinski definition) is 1. The van der Waals surface area contributed by atoms with Gasteiger partial charge < -0.3 is 14.2 Å². The molecule has 0 rings (SSSR count). The van der Waals surface area contributed by atoms with E-state index in [1.165, 1.54) is 0 Å². The van der Waals surface area contributed by atoms with Crippen LogP contribution in [0.15, 0.2) is 0 Å². The Morgan fingerprint density at radius 3 is 2.19 bits per heavy atom. The first-order valence-electron chi connectivity index (χ1n) is 5.03. The minimum atomic E-state index is -3.62. The largest absolute Gasteiger partial charge is 0.481 e. The lowest BCUT2D eigenvalue weighted by molar-refractivity contribution is -0.136. The molecule has 0 saturated carbocycles. The summed E-state index contributed by atoms with van der Waals surface area (Å²) in [7, 11) is -3.62. The summed E-state index contributed by atoms with van der Waals surface area (Å²) >= 11 is 0. The fourth-order valence-corrected chi connectivity index (χ4v) is 2.85. The van der Waals surface area contributed by atoms with E-state index >= 15 is 0 Å². The Bertz CT molecular complexity index is 318. The fourth-order valence-electron chi connectivity index (χ4n) is 1.11. The molecular weight excluding hydrogens is 231 g/mol. The number of carboxylic acids is 1. The second-order valence-corrected chi connectivity index (χ2v) is 5.08. The molecule has 92 valence electrons. The lowest BCUT2D eigenvalue weighted by Crippen LogP contribution is -2.22. The third-order valence-corrected chi connectivity index (χ3v) is 4.16. The summed E-state index contributed by atoms with van der Waals surface area (Å²) in [6.45, 7) is 5.14. The van der Waals surface area contributed by atoms with Gasteiger partial charge in [-0.25, -0.2) is 0 Å². The SMILES string of the molecule is CC#CCC(C(=O)O)P(=O)(OCC)OCC. The van der Waals surface area contributed by atoms with Crippen molar-refractivity contribution in [2.75, 3.05) is 13.2 Å². The monoisotopic (exact) mass is 248 g/mol. The highest BCUT2D eigenvalue weighted by Gasteiger charge is 2.40. The number of hydrogen-bond acceptors (Lipinski definition) is 4. The molecule has 0 bridgehead atoms. The summed E-state index contributed by atoms with van der Waals surface area (Å²) in [5.41, 5.74) is -1.22. The number of rotatable bonds is 7. The van der Waals surface area contributed by atoms with Crippen molar-refractivity contribution in [3.63, 3.8) is 0 Å². The van der Waals surface area contributed by atoms with Gasteiger partial charge in [-0.3, -0.25) is 9.36 Å². The van der Waals surface area contributed by atoms with Crippen LogP contribution in [-0.4, -0.2) is 29.9 Å². The maximum absolute atomic E-state index is 12.2. The van der Waals surface area contributed by atoms with Gasteiger partial charge in [0.1, 0.15) is 0 Å². The minimum absolute atomic E-state index is 0.0386. The Hall–Kier alpha value is -0.820. The zero-order valence-corrected chi connectivity index (χ0v) is 10.6. The van der Waals surface area contributed by atoms with Gasteiger partial charge in [0.05, 0.1) is 13.2 Å². The Balaban J connectivity index is 4.98. The lowest BCUT2D eigenvalue weighted by Gasteiger charge is -2.21. The Morgan fingerprint density at radius 1 is 1.38 bits per heavy atom. The maximum atomic E-state index is 12.2. The summed E-state index contributed by atoms with van der Waals surface area (Å²) in [5, 5.41) is 8.99. The standard InChI is InChI=1S/C10H17O5P/c1-4-7-8-9(10(11)12)16(13,14-5-2)15-6-3/h9H,5-6,8H2,1-3H3,(H,11,12). The molecule has 0 spiro atoms. The first-order chi connectivity index (χ1) is 7.51. The molecule has 6 heteroatoms. The molecule has 0 aliphatic rings. The summed E-state index contributed by atoms with van der Waals surface area (Å²) < 4.78 is 22.1. The Morgan fingerprint density at radius 2 is 1.88 bits per heavy atom. The first-order valence-corrected chi connectivity index (χ1v) is 6.64. The molecule has 0 aliphatic carbocycles. The Labute approximate surface area is 95.7 Å². The molecule has 0 heterocycles. The molecule has 0 saturated heterocycles. The average Bonchev–Trinajstić information content (AvgIpc) is 2.18. The molecule has 1 atom stereocenters. The van der Waals surface area contributed by atoms with E-state index < -0.39 is 19.2 Å². The highest BCUT2D eigenvalue weighted by Crippen LogP contribution is 2.54. The number of carboxylic acid groups (broad SMARTS) is 1. The summed E-state index contributed by atoms with van der Waals surface area (Å²) in [6, 6.07) is 0. The second-order valence-electron chi connectivity index (χ2n) is 2.86. The minimum Gasteiger partial charge on any atom is -0.481 e. The molecule has 1 unspecified atom stereocenters. The van der Waals surface area contributed by atoms with E-state index in [1.807, 2.05) is 0 Å². The van der Waals surface area contributed by atoms with E-state index in [2.05, 4.69) is 11.8 Å². The van der Waals surface area contributed by atoms with Crippen LogP contribution in [0.1, 0.15) is 27.2 Å². The fraction of sp³-hybridized carbons (Fsp3) is 0.700. The molecule has 0 aromatic heterocycles. The normalized spacial score (nSPS) is 12.7. The summed E-state index contributed by atoms with van der Waals surface area (Å²) in [4.78, 5) is 11.0. The van der Waals surface area contributed by atoms with E-state index in [0.717, 1.165) is 0 Å². The van der Waals surface area contributed by atoms with Crippen molar-refractivity contribution >= 4 is 13.6 Å². The topological polar surface area (TPSA) is 72.8 Å². The van der Waals surface area contributed by atoms with Crippen LogP contribution >= 0.6 is 7.60 Å². The molecule has 5 nitrogen and oxygen atoms in total. The van der Waals surface area contributed by atoms with Crippen LogP contribution in [0, 0.1) is 11.8 Å². The van der Waals surface area contributed by atoms with E-state index in [9.17, 15) is 9.36 Å². The molecule has 0 amide bonds. The molecule has 0 aromatic carbocycles. The van der Waals surface area contributed by atoms with Crippen molar-refractivity contribution in [1.29, 1.82) is 0 Å². The van der Waals surface area contributed by atoms with Crippen molar-refractivity contribution in [1.82, 2.24) is 0 Å². The zero-order valence-electron chi connectivity index (χ0n) is 9.73. The van der Waals surface area contributed by atoms with E-state index in [-0.39, 0.29) is 19.6 Å². The van der Waals surface area contributed by atoms with Crippen LogP contribution in [0.3, 0.4) is 0 Å². The molecular formula is C10H17O5P. The Kier molecular flexibility index (Phi) is 7.07. The van der Waals surface area contributed by atoms with Gasteiger partial charge in [-0.1, -0.05) is 0 Å². The van der Waals surface area contributed by atoms with Gasteiger partial charge in [0, 0.05) is 6.42 Å². The van der Waals surface area contributed by atoms with Crippen LogP contribution in [0.2, 0.25) is 0 Å². The van der Waals surface area contributed by atoms with Crippen molar-refractivity contribution in [3.05, 3.63) is 0 Å². The van der Waals surface area contributed by atoms with E-state index in [1.54, 1.807) is 20.8 Å². The first kappa shape index (κ1) is 15.2. The maximum Gasteiger partial charge on any atom is 0.345 e. The van der Waals surface area contributed by atoms with Gasteiger partial charge >= 0.3 is 13.6 Å². The molecule has 0 aromatic rings. The highest BCUT2D eigenvalue weighted by molar-refractivity contribution is 7.55. The number of carbonyl (C=O) groups is 1. The van der Waals surface area contributed by atoms with E-state index in [4.69, 9.17) is 14.2 Å².